The third-order valence-electron chi connectivity index (χ3n) is 5.65. The van der Waals surface area contributed by atoms with E-state index >= 15 is 0 Å². The van der Waals surface area contributed by atoms with Crippen molar-refractivity contribution in [1.29, 1.82) is 0 Å². The van der Waals surface area contributed by atoms with Gasteiger partial charge in [-0.25, -0.2) is 0 Å². The number of hydrogen-bond donors (Lipinski definition) is 2. The van der Waals surface area contributed by atoms with Gasteiger partial charge in [0.05, 0.1) is 0 Å². The molecular formula is C19H35N3O2. The second-order valence-electron chi connectivity index (χ2n) is 7.66. The van der Waals surface area contributed by atoms with Crippen LogP contribution in [0.5, 0.6) is 0 Å². The van der Waals surface area contributed by atoms with Crippen LogP contribution in [0.3, 0.4) is 0 Å². The first-order valence-electron chi connectivity index (χ1n) is 9.89. The van der Waals surface area contributed by atoms with E-state index in [2.05, 4.69) is 12.2 Å². The Morgan fingerprint density at radius 3 is 2.54 bits per heavy atom. The zero-order valence-corrected chi connectivity index (χ0v) is 15.3. The highest BCUT2D eigenvalue weighted by Crippen LogP contribution is 2.30. The Morgan fingerprint density at radius 2 is 1.83 bits per heavy atom. The second kappa shape index (κ2) is 10.0. The third-order valence-corrected chi connectivity index (χ3v) is 5.65. The molecule has 3 N–H and O–H groups in total. The Bertz CT molecular complexity index is 407. The van der Waals surface area contributed by atoms with E-state index < -0.39 is 0 Å². The van der Waals surface area contributed by atoms with Crippen LogP contribution in [0.15, 0.2) is 0 Å². The Hall–Kier alpha value is -1.10. The van der Waals surface area contributed by atoms with Gasteiger partial charge in [-0.1, -0.05) is 39.0 Å². The Morgan fingerprint density at radius 1 is 1.12 bits per heavy atom. The molecule has 5 nitrogen and oxygen atoms in total. The first kappa shape index (κ1) is 19.2. The number of hydrogen-bond acceptors (Lipinski definition) is 3. The summed E-state index contributed by atoms with van der Waals surface area (Å²) in [5, 5.41) is 2.95. The van der Waals surface area contributed by atoms with Crippen LogP contribution in [0.1, 0.15) is 71.1 Å². The number of nitrogens with one attached hydrogen (secondary N) is 1. The molecule has 1 saturated carbocycles. The quantitative estimate of drug-likeness (QED) is 0.749. The van der Waals surface area contributed by atoms with Gasteiger partial charge in [-0.05, 0) is 31.6 Å². The molecule has 0 aromatic carbocycles. The van der Waals surface area contributed by atoms with Crippen molar-refractivity contribution in [2.24, 2.45) is 17.6 Å². The first-order chi connectivity index (χ1) is 11.6. The van der Waals surface area contributed by atoms with Crippen molar-refractivity contribution in [2.45, 2.75) is 77.2 Å². The summed E-state index contributed by atoms with van der Waals surface area (Å²) in [7, 11) is 0. The molecule has 0 radical (unpaired) electrons. The summed E-state index contributed by atoms with van der Waals surface area (Å²) in [4.78, 5) is 26.7. The van der Waals surface area contributed by atoms with Crippen LogP contribution in [0.4, 0.5) is 0 Å². The van der Waals surface area contributed by atoms with Gasteiger partial charge >= 0.3 is 0 Å². The van der Waals surface area contributed by atoms with Crippen LogP contribution < -0.4 is 11.1 Å². The van der Waals surface area contributed by atoms with Gasteiger partial charge in [0.15, 0.2) is 0 Å². The molecule has 1 saturated heterocycles. The van der Waals surface area contributed by atoms with E-state index in [-0.39, 0.29) is 17.9 Å². The maximum Gasteiger partial charge on any atom is 0.225 e. The Labute approximate surface area is 146 Å². The van der Waals surface area contributed by atoms with E-state index in [9.17, 15) is 9.59 Å². The maximum absolute atomic E-state index is 12.9. The highest BCUT2D eigenvalue weighted by Gasteiger charge is 2.31. The molecule has 5 heteroatoms. The lowest BCUT2D eigenvalue weighted by Gasteiger charge is -2.38. The smallest absolute Gasteiger partial charge is 0.225 e. The molecule has 0 spiro atoms. The molecule has 24 heavy (non-hydrogen) atoms. The van der Waals surface area contributed by atoms with E-state index in [4.69, 9.17) is 5.73 Å². The SMILES string of the molecule is CC(CC1CCCCC1)C(=O)N1CCCCC1CNC(=O)CCN. The van der Waals surface area contributed by atoms with Gasteiger partial charge in [-0.3, -0.25) is 9.59 Å². The van der Waals surface area contributed by atoms with Gasteiger partial charge in [0.2, 0.25) is 11.8 Å². The van der Waals surface area contributed by atoms with Crippen LogP contribution in [0, 0.1) is 11.8 Å². The number of likely N-dealkylation sites (tertiary alicyclic amines) is 1. The van der Waals surface area contributed by atoms with Crippen molar-refractivity contribution in [2.75, 3.05) is 19.6 Å². The summed E-state index contributed by atoms with van der Waals surface area (Å²) in [5.41, 5.74) is 5.42. The summed E-state index contributed by atoms with van der Waals surface area (Å²) < 4.78 is 0. The highest BCUT2D eigenvalue weighted by molar-refractivity contribution is 5.79. The summed E-state index contributed by atoms with van der Waals surface area (Å²) in [5.74, 6) is 1.11. The molecule has 1 aliphatic heterocycles. The van der Waals surface area contributed by atoms with Gasteiger partial charge in [0, 0.05) is 38.0 Å². The van der Waals surface area contributed by atoms with Gasteiger partial charge in [-0.15, -0.1) is 0 Å². The summed E-state index contributed by atoms with van der Waals surface area (Å²) in [6.07, 6.45) is 11.2. The van der Waals surface area contributed by atoms with E-state index in [1.807, 2.05) is 4.90 Å². The van der Waals surface area contributed by atoms with Crippen molar-refractivity contribution in [1.82, 2.24) is 10.2 Å². The fraction of sp³-hybridized carbons (Fsp3) is 0.895. The maximum atomic E-state index is 12.9. The van der Waals surface area contributed by atoms with Gasteiger partial charge in [-0.2, -0.15) is 0 Å². The van der Waals surface area contributed by atoms with E-state index in [0.717, 1.165) is 38.1 Å². The summed E-state index contributed by atoms with van der Waals surface area (Å²) >= 11 is 0. The average molecular weight is 338 g/mol. The lowest BCUT2D eigenvalue weighted by atomic mass is 9.82. The molecule has 0 aromatic heterocycles. The highest BCUT2D eigenvalue weighted by atomic mass is 16.2. The van der Waals surface area contributed by atoms with Crippen LogP contribution in [-0.2, 0) is 9.59 Å². The molecule has 2 atom stereocenters. The normalized spacial score (nSPS) is 23.8. The predicted octanol–water partition coefficient (Wildman–Crippen LogP) is 2.44. The molecule has 2 aliphatic rings. The minimum atomic E-state index is -0.00859. The number of nitrogens with zero attached hydrogens (tertiary/aromatic N) is 1. The standard InChI is InChI=1S/C19H35N3O2/c1-15(13-16-7-3-2-4-8-16)19(24)22-12-6-5-9-17(22)14-21-18(23)10-11-20/h15-17H,2-14,20H2,1H3,(H,21,23). The number of carbonyl (C=O) groups excluding carboxylic acids is 2. The zero-order valence-electron chi connectivity index (χ0n) is 15.3. The van der Waals surface area contributed by atoms with Crippen LogP contribution in [0.25, 0.3) is 0 Å². The van der Waals surface area contributed by atoms with Crippen molar-refractivity contribution < 1.29 is 9.59 Å². The molecular weight excluding hydrogens is 302 g/mol. The Balaban J connectivity index is 1.85. The molecule has 2 fully saturated rings. The monoisotopic (exact) mass is 337 g/mol. The molecule has 0 aromatic rings. The summed E-state index contributed by atoms with van der Waals surface area (Å²) in [6, 6.07) is 0.154. The van der Waals surface area contributed by atoms with Crippen molar-refractivity contribution in [3.8, 4) is 0 Å². The number of piperidine rings is 1. The molecule has 2 amide bonds. The first-order valence-corrected chi connectivity index (χ1v) is 9.89. The molecule has 0 bridgehead atoms. The molecule has 2 unspecified atom stereocenters. The zero-order chi connectivity index (χ0) is 17.4. The lowest BCUT2D eigenvalue weighted by Crippen LogP contribution is -2.51. The van der Waals surface area contributed by atoms with Gasteiger partial charge in [0.1, 0.15) is 0 Å². The number of rotatable bonds is 7. The van der Waals surface area contributed by atoms with E-state index in [1.165, 1.54) is 32.1 Å². The van der Waals surface area contributed by atoms with Crippen molar-refractivity contribution in [3.05, 3.63) is 0 Å². The third kappa shape index (κ3) is 5.76. The van der Waals surface area contributed by atoms with Crippen molar-refractivity contribution >= 4 is 11.8 Å². The average Bonchev–Trinajstić information content (AvgIpc) is 2.60. The van der Waals surface area contributed by atoms with E-state index in [0.29, 0.717) is 25.4 Å². The Kier molecular flexibility index (Phi) is 8.03. The number of amides is 2. The van der Waals surface area contributed by atoms with Gasteiger partial charge in [0.25, 0.3) is 0 Å². The summed E-state index contributed by atoms with van der Waals surface area (Å²) in [6.45, 7) is 3.87. The number of nitrogens with two attached hydrogens (primary N) is 1. The van der Waals surface area contributed by atoms with E-state index in [1.54, 1.807) is 0 Å². The second-order valence-corrected chi connectivity index (χ2v) is 7.66. The topological polar surface area (TPSA) is 75.4 Å². The molecule has 2 rings (SSSR count). The van der Waals surface area contributed by atoms with Crippen LogP contribution in [0.2, 0.25) is 0 Å². The molecule has 138 valence electrons. The minimum Gasteiger partial charge on any atom is -0.354 e. The van der Waals surface area contributed by atoms with Crippen LogP contribution >= 0.6 is 0 Å². The fourth-order valence-electron chi connectivity index (χ4n) is 4.26. The molecule has 1 aliphatic carbocycles. The van der Waals surface area contributed by atoms with Crippen LogP contribution in [-0.4, -0.2) is 42.4 Å². The largest absolute Gasteiger partial charge is 0.354 e. The minimum absolute atomic E-state index is 0.00859. The van der Waals surface area contributed by atoms with Gasteiger partial charge < -0.3 is 16.0 Å². The lowest BCUT2D eigenvalue weighted by molar-refractivity contribution is -0.139. The fourth-order valence-corrected chi connectivity index (χ4v) is 4.26. The number of carbonyl (C=O) groups is 2. The molecule has 1 heterocycles. The predicted molar refractivity (Wildman–Crippen MR) is 96.4 cm³/mol. The van der Waals surface area contributed by atoms with Crippen molar-refractivity contribution in [3.63, 3.8) is 0 Å².